The highest BCUT2D eigenvalue weighted by atomic mass is 32.2. The predicted octanol–water partition coefficient (Wildman–Crippen LogP) is 0.837. The molecule has 0 spiro atoms. The summed E-state index contributed by atoms with van der Waals surface area (Å²) in [5.41, 5.74) is 3.16. The standard InChI is InChI=1S/C20H24FN5O5S/c1-26-19(22)25-20(8-3-9-31-18(20)32(26,28)29)14-10-12(4-6-15(14)21)24-17(27)16-7-5-13(30-2)11-23-16/h5-7,10-12,18H,3-4,8-9H2,1-2H3,(H2,22,25)(H,24,27)/t12?,18?,20-/m1/s1. The van der Waals surface area contributed by atoms with E-state index in [9.17, 15) is 13.2 Å². The average Bonchev–Trinajstić information content (AvgIpc) is 2.79. The van der Waals surface area contributed by atoms with Crippen molar-refractivity contribution in [3.8, 4) is 5.75 Å². The third kappa shape index (κ3) is 3.62. The van der Waals surface area contributed by atoms with Crippen LogP contribution in [-0.2, 0) is 14.8 Å². The molecule has 0 radical (unpaired) electrons. The highest BCUT2D eigenvalue weighted by molar-refractivity contribution is 7.90. The van der Waals surface area contributed by atoms with Crippen molar-refractivity contribution >= 4 is 21.9 Å². The molecule has 1 amide bonds. The number of guanidine groups is 1. The first-order valence-corrected chi connectivity index (χ1v) is 11.5. The van der Waals surface area contributed by atoms with E-state index in [-0.39, 0.29) is 36.7 Å². The number of carbonyl (C=O) groups excluding carboxylic acids is 1. The van der Waals surface area contributed by atoms with Crippen LogP contribution in [0.4, 0.5) is 4.39 Å². The van der Waals surface area contributed by atoms with Crippen LogP contribution >= 0.6 is 0 Å². The van der Waals surface area contributed by atoms with E-state index in [0.29, 0.717) is 12.2 Å². The maximum Gasteiger partial charge on any atom is 0.270 e. The molecule has 32 heavy (non-hydrogen) atoms. The molecule has 3 atom stereocenters. The number of hydrogen-bond donors (Lipinski definition) is 2. The van der Waals surface area contributed by atoms with Gasteiger partial charge in [0.15, 0.2) is 0 Å². The molecule has 2 unspecified atom stereocenters. The van der Waals surface area contributed by atoms with Gasteiger partial charge in [0, 0.05) is 19.2 Å². The second kappa shape index (κ2) is 8.17. The van der Waals surface area contributed by atoms with Crippen LogP contribution in [0.15, 0.2) is 46.9 Å². The summed E-state index contributed by atoms with van der Waals surface area (Å²) in [7, 11) is -1.25. The molecule has 1 fully saturated rings. The maximum absolute atomic E-state index is 15.1. The monoisotopic (exact) mass is 465 g/mol. The Morgan fingerprint density at radius 3 is 2.91 bits per heavy atom. The molecule has 3 aliphatic rings. The van der Waals surface area contributed by atoms with Crippen molar-refractivity contribution in [2.45, 2.75) is 36.3 Å². The number of carbonyl (C=O) groups is 1. The molecular formula is C20H24FN5O5S. The van der Waals surface area contributed by atoms with Gasteiger partial charge < -0.3 is 20.5 Å². The Morgan fingerprint density at radius 1 is 1.44 bits per heavy atom. The molecule has 3 N–H and O–H groups in total. The fourth-order valence-electron chi connectivity index (χ4n) is 4.12. The van der Waals surface area contributed by atoms with Crippen LogP contribution in [0.2, 0.25) is 0 Å². The summed E-state index contributed by atoms with van der Waals surface area (Å²) in [6, 6.07) is 2.51. The molecule has 3 heterocycles. The van der Waals surface area contributed by atoms with Gasteiger partial charge in [-0.3, -0.25) is 4.79 Å². The number of amides is 1. The summed E-state index contributed by atoms with van der Waals surface area (Å²) in [4.78, 5) is 21.1. The minimum absolute atomic E-state index is 0.0427. The number of nitrogens with zero attached hydrogens (tertiary/aromatic N) is 3. The third-order valence-corrected chi connectivity index (χ3v) is 7.83. The Balaban J connectivity index is 1.68. The summed E-state index contributed by atoms with van der Waals surface area (Å²) in [6.07, 6.45) is 5.11. The quantitative estimate of drug-likeness (QED) is 0.672. The number of nitrogens with one attached hydrogen (secondary N) is 1. The van der Waals surface area contributed by atoms with E-state index in [2.05, 4.69) is 15.3 Å². The van der Waals surface area contributed by atoms with Gasteiger partial charge in [-0.1, -0.05) is 6.08 Å². The van der Waals surface area contributed by atoms with Crippen LogP contribution in [0, 0.1) is 0 Å². The van der Waals surface area contributed by atoms with E-state index in [1.165, 1.54) is 38.6 Å². The number of ether oxygens (including phenoxy) is 2. The Hall–Kier alpha value is -2.99. The van der Waals surface area contributed by atoms with Gasteiger partial charge in [-0.2, -0.15) is 0 Å². The Kier molecular flexibility index (Phi) is 5.67. The van der Waals surface area contributed by atoms with Crippen molar-refractivity contribution in [3.05, 3.63) is 47.6 Å². The molecular weight excluding hydrogens is 441 g/mol. The molecule has 12 heteroatoms. The van der Waals surface area contributed by atoms with Gasteiger partial charge in [0.05, 0.1) is 19.3 Å². The summed E-state index contributed by atoms with van der Waals surface area (Å²) < 4.78 is 52.5. The Labute approximate surface area is 185 Å². The van der Waals surface area contributed by atoms with Crippen LogP contribution < -0.4 is 15.8 Å². The van der Waals surface area contributed by atoms with Crippen LogP contribution in [0.5, 0.6) is 5.75 Å². The fraction of sp³-hybridized carbons (Fsp3) is 0.450. The normalized spacial score (nSPS) is 29.2. The number of pyridine rings is 1. The van der Waals surface area contributed by atoms with Crippen LogP contribution in [0.1, 0.15) is 29.8 Å². The number of nitrogens with two attached hydrogens (primary N) is 1. The summed E-state index contributed by atoms with van der Waals surface area (Å²) >= 11 is 0. The molecule has 172 valence electrons. The second-order valence-electron chi connectivity index (χ2n) is 7.74. The van der Waals surface area contributed by atoms with Crippen LogP contribution in [0.3, 0.4) is 0 Å². The Morgan fingerprint density at radius 2 is 2.22 bits per heavy atom. The van der Waals surface area contributed by atoms with E-state index < -0.39 is 38.8 Å². The molecule has 10 nitrogen and oxygen atoms in total. The first kappa shape index (κ1) is 22.2. The van der Waals surface area contributed by atoms with E-state index in [1.807, 2.05) is 0 Å². The molecule has 1 aromatic rings. The number of halogens is 1. The lowest BCUT2D eigenvalue weighted by Gasteiger charge is -2.46. The Bertz CT molecular complexity index is 1120. The maximum atomic E-state index is 15.1. The SMILES string of the molecule is COc1ccc(C(=O)NC2C=C([C@]34CCCOC3S(=O)(=O)N(C)C(N)=N4)C(F)=CC2)nc1. The van der Waals surface area contributed by atoms with Crippen molar-refractivity contribution in [1.29, 1.82) is 0 Å². The number of methoxy groups -OCH3 is 1. The number of aliphatic imine (C=N–C) groups is 1. The van der Waals surface area contributed by atoms with Crippen molar-refractivity contribution in [1.82, 2.24) is 14.6 Å². The summed E-state index contributed by atoms with van der Waals surface area (Å²) in [5.74, 6) is -0.802. The largest absolute Gasteiger partial charge is 0.495 e. The summed E-state index contributed by atoms with van der Waals surface area (Å²) in [5, 5.41) is 2.78. The third-order valence-electron chi connectivity index (χ3n) is 5.81. The molecule has 0 aromatic carbocycles. The fourth-order valence-corrected chi connectivity index (χ4v) is 5.77. The van der Waals surface area contributed by atoms with Gasteiger partial charge in [0.2, 0.25) is 11.4 Å². The van der Waals surface area contributed by atoms with E-state index in [4.69, 9.17) is 15.2 Å². The zero-order valence-electron chi connectivity index (χ0n) is 17.6. The van der Waals surface area contributed by atoms with E-state index in [0.717, 1.165) is 4.31 Å². The van der Waals surface area contributed by atoms with Crippen molar-refractivity contribution in [2.24, 2.45) is 10.7 Å². The second-order valence-corrected chi connectivity index (χ2v) is 9.75. The van der Waals surface area contributed by atoms with Crippen molar-refractivity contribution in [2.75, 3.05) is 20.8 Å². The number of sulfonamides is 1. The van der Waals surface area contributed by atoms with E-state index >= 15 is 4.39 Å². The smallest absolute Gasteiger partial charge is 0.270 e. The molecule has 1 aromatic heterocycles. The molecule has 2 aliphatic heterocycles. The van der Waals surface area contributed by atoms with Gasteiger partial charge in [-0.15, -0.1) is 0 Å². The summed E-state index contributed by atoms with van der Waals surface area (Å²) in [6.45, 7) is 0.205. The lowest BCUT2D eigenvalue weighted by Crippen LogP contribution is -2.62. The minimum Gasteiger partial charge on any atom is -0.495 e. The molecule has 4 rings (SSSR count). The van der Waals surface area contributed by atoms with Crippen LogP contribution in [-0.4, -0.2) is 67.4 Å². The average molecular weight is 466 g/mol. The van der Waals surface area contributed by atoms with Gasteiger partial charge >= 0.3 is 0 Å². The zero-order valence-corrected chi connectivity index (χ0v) is 18.4. The molecule has 1 saturated heterocycles. The highest BCUT2D eigenvalue weighted by Crippen LogP contribution is 2.46. The first-order valence-electron chi connectivity index (χ1n) is 10.0. The highest BCUT2D eigenvalue weighted by Gasteiger charge is 2.57. The molecule has 0 bridgehead atoms. The number of fused-ring (bicyclic) bond motifs is 1. The van der Waals surface area contributed by atoms with Gasteiger partial charge in [-0.05, 0) is 37.5 Å². The van der Waals surface area contributed by atoms with E-state index in [1.54, 1.807) is 6.07 Å². The predicted molar refractivity (Wildman–Crippen MR) is 114 cm³/mol. The topological polar surface area (TPSA) is 136 Å². The zero-order chi connectivity index (χ0) is 23.1. The van der Waals surface area contributed by atoms with Gasteiger partial charge in [-0.25, -0.2) is 27.1 Å². The molecule has 1 aliphatic carbocycles. The minimum atomic E-state index is -4.02. The van der Waals surface area contributed by atoms with Gasteiger partial charge in [0.25, 0.3) is 15.9 Å². The number of hydrogen-bond acceptors (Lipinski definition) is 8. The van der Waals surface area contributed by atoms with Crippen molar-refractivity contribution in [3.63, 3.8) is 0 Å². The number of rotatable bonds is 4. The first-order chi connectivity index (χ1) is 15.2. The van der Waals surface area contributed by atoms with Gasteiger partial charge in [0.1, 0.15) is 22.8 Å². The lowest BCUT2D eigenvalue weighted by atomic mass is 9.80. The van der Waals surface area contributed by atoms with Crippen molar-refractivity contribution < 1.29 is 27.1 Å². The number of aromatic nitrogens is 1. The lowest BCUT2D eigenvalue weighted by molar-refractivity contribution is 0.0172. The van der Waals surface area contributed by atoms with Crippen LogP contribution in [0.25, 0.3) is 0 Å². The molecule has 0 saturated carbocycles.